The Hall–Kier alpha value is -1.42. The van der Waals surface area contributed by atoms with Crippen molar-refractivity contribution in [2.24, 2.45) is 7.05 Å². The van der Waals surface area contributed by atoms with Crippen LogP contribution in [0.15, 0.2) is 12.4 Å². The molecule has 2 aromatic rings. The molecule has 5 heteroatoms. The van der Waals surface area contributed by atoms with Crippen molar-refractivity contribution in [2.75, 3.05) is 0 Å². The van der Waals surface area contributed by atoms with E-state index < -0.39 is 0 Å². The van der Waals surface area contributed by atoms with Crippen LogP contribution in [0.5, 0.6) is 11.5 Å². The molecule has 1 heterocycles. The predicted octanol–water partition coefficient (Wildman–Crippen LogP) is 1.64. The Balaban J connectivity index is 2.97. The number of nitrogens with zero attached hydrogens (tertiary/aromatic N) is 2. The quantitative estimate of drug-likeness (QED) is 0.633. The maximum absolute atomic E-state index is 9.32. The molecule has 68 valence electrons. The predicted molar refractivity (Wildman–Crippen MR) is 49.1 cm³/mol. The Morgan fingerprint density at radius 2 is 2.15 bits per heavy atom. The number of fused-ring (bicyclic) bond motifs is 1. The second-order valence-corrected chi connectivity index (χ2v) is 3.16. The Labute approximate surface area is 79.0 Å². The molecule has 0 radical (unpaired) electrons. The van der Waals surface area contributed by atoms with Gasteiger partial charge in [-0.3, -0.25) is 0 Å². The van der Waals surface area contributed by atoms with Crippen LogP contribution in [0.1, 0.15) is 0 Å². The van der Waals surface area contributed by atoms with E-state index in [4.69, 9.17) is 11.6 Å². The maximum atomic E-state index is 9.32. The van der Waals surface area contributed by atoms with Crippen molar-refractivity contribution >= 4 is 22.6 Å². The molecule has 2 rings (SSSR count). The van der Waals surface area contributed by atoms with Crippen molar-refractivity contribution in [2.45, 2.75) is 0 Å². The van der Waals surface area contributed by atoms with Gasteiger partial charge < -0.3 is 14.8 Å². The molecule has 0 saturated heterocycles. The summed E-state index contributed by atoms with van der Waals surface area (Å²) >= 11 is 5.81. The van der Waals surface area contributed by atoms with Gasteiger partial charge in [-0.15, -0.1) is 0 Å². The third kappa shape index (κ3) is 1.02. The van der Waals surface area contributed by atoms with Gasteiger partial charge in [-0.05, 0) is 0 Å². The molecule has 1 aromatic carbocycles. The van der Waals surface area contributed by atoms with Crippen LogP contribution in [-0.4, -0.2) is 19.8 Å². The summed E-state index contributed by atoms with van der Waals surface area (Å²) in [5.41, 5.74) is 1.17. The molecule has 0 amide bonds. The van der Waals surface area contributed by atoms with Crippen LogP contribution in [0.3, 0.4) is 0 Å². The maximum Gasteiger partial charge on any atom is 0.178 e. The smallest absolute Gasteiger partial charge is 0.178 e. The molecule has 1 aromatic heterocycles. The average molecular weight is 199 g/mol. The van der Waals surface area contributed by atoms with E-state index in [1.807, 2.05) is 0 Å². The molecule has 0 fully saturated rings. The average Bonchev–Trinajstić information content (AvgIpc) is 2.43. The highest BCUT2D eigenvalue weighted by atomic mass is 35.5. The van der Waals surface area contributed by atoms with Gasteiger partial charge in [0.25, 0.3) is 0 Å². The molecule has 0 aliphatic rings. The van der Waals surface area contributed by atoms with E-state index >= 15 is 0 Å². The fourth-order valence-corrected chi connectivity index (χ4v) is 1.57. The lowest BCUT2D eigenvalue weighted by Gasteiger charge is -2.02. The zero-order valence-electron chi connectivity index (χ0n) is 6.82. The molecule has 0 aliphatic heterocycles. The summed E-state index contributed by atoms with van der Waals surface area (Å²) in [6, 6.07) is 1.37. The topological polar surface area (TPSA) is 58.3 Å². The number of rotatable bonds is 0. The summed E-state index contributed by atoms with van der Waals surface area (Å²) in [5.74, 6) is -0.561. The van der Waals surface area contributed by atoms with Gasteiger partial charge in [-0.1, -0.05) is 11.6 Å². The molecule has 0 atom stereocenters. The van der Waals surface area contributed by atoms with Crippen LogP contribution in [0.4, 0.5) is 0 Å². The van der Waals surface area contributed by atoms with Gasteiger partial charge >= 0.3 is 0 Å². The fraction of sp³-hybridized carbons (Fsp3) is 0.125. The molecular weight excluding hydrogens is 192 g/mol. The minimum atomic E-state index is -0.308. The van der Waals surface area contributed by atoms with E-state index in [1.165, 1.54) is 6.07 Å². The van der Waals surface area contributed by atoms with Gasteiger partial charge in [-0.2, -0.15) is 0 Å². The van der Waals surface area contributed by atoms with E-state index in [0.29, 0.717) is 11.0 Å². The Bertz CT molecular complexity index is 478. The third-order valence-electron chi connectivity index (χ3n) is 1.90. The number of hydrogen-bond donors (Lipinski definition) is 2. The highest BCUT2D eigenvalue weighted by Gasteiger charge is 2.13. The Morgan fingerprint density at radius 1 is 1.46 bits per heavy atom. The fourth-order valence-electron chi connectivity index (χ4n) is 1.24. The van der Waals surface area contributed by atoms with Gasteiger partial charge in [0, 0.05) is 13.1 Å². The molecule has 0 saturated carbocycles. The SMILES string of the molecule is Cn1cnc2cc(O)c(O)c(Cl)c21. The lowest BCUT2D eigenvalue weighted by atomic mass is 10.2. The minimum Gasteiger partial charge on any atom is -0.504 e. The first-order chi connectivity index (χ1) is 6.11. The first-order valence-corrected chi connectivity index (χ1v) is 4.00. The number of imidazole rings is 1. The summed E-state index contributed by atoms with van der Waals surface area (Å²) in [4.78, 5) is 3.99. The largest absolute Gasteiger partial charge is 0.504 e. The van der Waals surface area contributed by atoms with Crippen LogP contribution in [-0.2, 0) is 7.05 Å². The van der Waals surface area contributed by atoms with E-state index in [9.17, 15) is 10.2 Å². The van der Waals surface area contributed by atoms with Gasteiger partial charge in [0.15, 0.2) is 11.5 Å². The number of aromatic hydroxyl groups is 2. The highest BCUT2D eigenvalue weighted by Crippen LogP contribution is 2.38. The zero-order valence-corrected chi connectivity index (χ0v) is 7.58. The van der Waals surface area contributed by atoms with Crippen LogP contribution < -0.4 is 0 Å². The lowest BCUT2D eigenvalue weighted by molar-refractivity contribution is 0.405. The first kappa shape index (κ1) is 8.19. The molecule has 0 aliphatic carbocycles. The number of benzene rings is 1. The number of phenols is 2. The van der Waals surface area contributed by atoms with E-state index in [0.717, 1.165) is 0 Å². The highest BCUT2D eigenvalue weighted by molar-refractivity contribution is 6.36. The van der Waals surface area contributed by atoms with Crippen LogP contribution in [0, 0.1) is 0 Å². The van der Waals surface area contributed by atoms with Crippen molar-refractivity contribution in [3.05, 3.63) is 17.4 Å². The monoisotopic (exact) mass is 198 g/mol. The van der Waals surface area contributed by atoms with Gasteiger partial charge in [-0.25, -0.2) is 4.98 Å². The third-order valence-corrected chi connectivity index (χ3v) is 2.26. The molecule has 0 bridgehead atoms. The first-order valence-electron chi connectivity index (χ1n) is 3.62. The number of aromatic nitrogens is 2. The van der Waals surface area contributed by atoms with Crippen LogP contribution >= 0.6 is 11.6 Å². The van der Waals surface area contributed by atoms with Crippen molar-refractivity contribution in [1.29, 1.82) is 0 Å². The number of phenolic OH excluding ortho intramolecular Hbond substituents is 2. The summed E-state index contributed by atoms with van der Waals surface area (Å²) < 4.78 is 1.68. The van der Waals surface area contributed by atoms with Crippen LogP contribution in [0.25, 0.3) is 11.0 Å². The summed E-state index contributed by atoms with van der Waals surface area (Å²) in [6.07, 6.45) is 1.56. The van der Waals surface area contributed by atoms with E-state index in [-0.39, 0.29) is 16.5 Å². The molecular formula is C8H7ClN2O2. The van der Waals surface area contributed by atoms with Crippen molar-refractivity contribution < 1.29 is 10.2 Å². The minimum absolute atomic E-state index is 0.120. The standard InChI is InChI=1S/C8H7ClN2O2/c1-11-3-10-4-2-5(12)8(13)6(9)7(4)11/h2-3,12-13H,1H3. The van der Waals surface area contributed by atoms with Gasteiger partial charge in [0.05, 0.1) is 17.4 Å². The lowest BCUT2D eigenvalue weighted by Crippen LogP contribution is -1.85. The normalized spacial score (nSPS) is 10.9. The number of aryl methyl sites for hydroxylation is 1. The zero-order chi connectivity index (χ0) is 9.59. The molecule has 0 unspecified atom stereocenters. The summed E-state index contributed by atoms with van der Waals surface area (Å²) in [7, 11) is 1.76. The number of hydrogen-bond acceptors (Lipinski definition) is 3. The van der Waals surface area contributed by atoms with Gasteiger partial charge in [0.1, 0.15) is 5.02 Å². The second-order valence-electron chi connectivity index (χ2n) is 2.78. The van der Waals surface area contributed by atoms with E-state index in [1.54, 1.807) is 17.9 Å². The van der Waals surface area contributed by atoms with Crippen molar-refractivity contribution in [1.82, 2.24) is 9.55 Å². The van der Waals surface area contributed by atoms with E-state index in [2.05, 4.69) is 4.98 Å². The molecule has 2 N–H and O–H groups in total. The van der Waals surface area contributed by atoms with Crippen molar-refractivity contribution in [3.63, 3.8) is 0 Å². The Kier molecular flexibility index (Phi) is 1.60. The summed E-state index contributed by atoms with van der Waals surface area (Å²) in [6.45, 7) is 0. The Morgan fingerprint density at radius 3 is 2.85 bits per heavy atom. The van der Waals surface area contributed by atoms with Crippen molar-refractivity contribution in [3.8, 4) is 11.5 Å². The second kappa shape index (κ2) is 2.53. The number of halogens is 1. The molecule has 4 nitrogen and oxygen atoms in total. The molecule has 0 spiro atoms. The van der Waals surface area contributed by atoms with Crippen LogP contribution in [0.2, 0.25) is 5.02 Å². The molecule has 13 heavy (non-hydrogen) atoms. The van der Waals surface area contributed by atoms with Gasteiger partial charge in [0.2, 0.25) is 0 Å². The summed E-state index contributed by atoms with van der Waals surface area (Å²) in [5, 5.41) is 18.7.